The Morgan fingerprint density at radius 3 is 3.13 bits per heavy atom. The van der Waals surface area contributed by atoms with Crippen LogP contribution in [0.3, 0.4) is 0 Å². The number of rotatable bonds is 0. The second-order valence-corrected chi connectivity index (χ2v) is 4.49. The second-order valence-electron chi connectivity index (χ2n) is 3.41. The maximum Gasteiger partial charge on any atom is 0.244 e. The van der Waals surface area contributed by atoms with E-state index in [1.54, 1.807) is 17.6 Å². The molecule has 15 heavy (non-hydrogen) atoms. The molecule has 1 amide bonds. The summed E-state index contributed by atoms with van der Waals surface area (Å²) in [5.41, 5.74) is 3.57. The lowest BCUT2D eigenvalue weighted by molar-refractivity contribution is -0.120. The van der Waals surface area contributed by atoms with Crippen LogP contribution in [-0.4, -0.2) is 12.1 Å². The first kappa shape index (κ1) is 8.61. The number of benzene rings is 1. The molecule has 0 fully saturated rings. The van der Waals surface area contributed by atoms with Gasteiger partial charge in [0.1, 0.15) is 0 Å². The Kier molecular flexibility index (Phi) is 1.82. The third-order valence-corrected chi connectivity index (χ3v) is 3.59. The Labute approximate surface area is 90.4 Å². The van der Waals surface area contributed by atoms with Crippen molar-refractivity contribution in [1.29, 1.82) is 0 Å². The van der Waals surface area contributed by atoms with Crippen molar-refractivity contribution in [1.82, 2.24) is 5.43 Å². The van der Waals surface area contributed by atoms with Gasteiger partial charge in [0.05, 0.1) is 17.5 Å². The number of hydrogen-bond acceptors (Lipinski definition) is 3. The molecule has 1 aromatic heterocycles. The van der Waals surface area contributed by atoms with Crippen molar-refractivity contribution in [2.75, 3.05) is 0 Å². The molecular formula is C11H8N2OS. The molecule has 4 heteroatoms. The minimum atomic E-state index is -0.0476. The molecule has 2 heterocycles. The van der Waals surface area contributed by atoms with Crippen LogP contribution in [0, 0.1) is 0 Å². The quantitative estimate of drug-likeness (QED) is 0.718. The number of hydrazone groups is 1. The van der Waals surface area contributed by atoms with Gasteiger partial charge in [-0.05, 0) is 17.0 Å². The maximum absolute atomic E-state index is 11.4. The normalized spacial score (nSPS) is 14.8. The van der Waals surface area contributed by atoms with Crippen molar-refractivity contribution in [3.63, 3.8) is 0 Å². The molecule has 1 N–H and O–H groups in total. The van der Waals surface area contributed by atoms with Crippen molar-refractivity contribution in [3.8, 4) is 0 Å². The smallest absolute Gasteiger partial charge is 0.244 e. The van der Waals surface area contributed by atoms with E-state index in [1.807, 2.05) is 12.1 Å². The number of fused-ring (bicyclic) bond motifs is 3. The molecule has 2 aromatic rings. The molecule has 0 saturated carbocycles. The van der Waals surface area contributed by atoms with Crippen molar-refractivity contribution in [2.45, 2.75) is 6.42 Å². The van der Waals surface area contributed by atoms with E-state index < -0.39 is 0 Å². The lowest BCUT2D eigenvalue weighted by Gasteiger charge is -1.96. The standard InChI is InChI=1S/C11H8N2OS/c14-11-5-8-7-3-1-2-4-9(7)15-10(8)6-12-13-11/h1-4,6H,5H2,(H,13,14). The predicted octanol–water partition coefficient (Wildman–Crippen LogP) is 1.91. The number of hydrogen-bond donors (Lipinski definition) is 1. The molecule has 1 aromatic carbocycles. The van der Waals surface area contributed by atoms with Crippen LogP contribution in [0.15, 0.2) is 29.4 Å². The fraction of sp³-hybridized carbons (Fsp3) is 0.0909. The van der Waals surface area contributed by atoms with Crippen molar-refractivity contribution < 1.29 is 4.79 Å². The second kappa shape index (κ2) is 3.17. The lowest BCUT2D eigenvalue weighted by Crippen LogP contribution is -2.17. The summed E-state index contributed by atoms with van der Waals surface area (Å²) in [6.45, 7) is 0. The van der Waals surface area contributed by atoms with E-state index in [2.05, 4.69) is 22.7 Å². The van der Waals surface area contributed by atoms with Gasteiger partial charge in [0.15, 0.2) is 0 Å². The first-order chi connectivity index (χ1) is 7.34. The zero-order valence-corrected chi connectivity index (χ0v) is 8.67. The first-order valence-electron chi connectivity index (χ1n) is 4.67. The van der Waals surface area contributed by atoms with Gasteiger partial charge >= 0.3 is 0 Å². The molecule has 0 saturated heterocycles. The molecule has 0 atom stereocenters. The van der Waals surface area contributed by atoms with Gasteiger partial charge < -0.3 is 0 Å². The molecule has 0 aliphatic carbocycles. The molecule has 1 aliphatic rings. The van der Waals surface area contributed by atoms with Crippen LogP contribution in [0.2, 0.25) is 0 Å². The van der Waals surface area contributed by atoms with Gasteiger partial charge in [-0.1, -0.05) is 18.2 Å². The Balaban J connectivity index is 2.32. The summed E-state index contributed by atoms with van der Waals surface area (Å²) >= 11 is 1.67. The Hall–Kier alpha value is -1.68. The van der Waals surface area contributed by atoms with E-state index in [-0.39, 0.29) is 5.91 Å². The average molecular weight is 216 g/mol. The number of amides is 1. The van der Waals surface area contributed by atoms with Gasteiger partial charge in [-0.25, -0.2) is 5.43 Å². The summed E-state index contributed by atoms with van der Waals surface area (Å²) in [6.07, 6.45) is 2.14. The predicted molar refractivity (Wildman–Crippen MR) is 61.3 cm³/mol. The van der Waals surface area contributed by atoms with E-state index in [4.69, 9.17) is 0 Å². The monoisotopic (exact) mass is 216 g/mol. The summed E-state index contributed by atoms with van der Waals surface area (Å²) in [7, 11) is 0. The molecule has 74 valence electrons. The number of nitrogens with zero attached hydrogens (tertiary/aromatic N) is 1. The number of carbonyl (C=O) groups is 1. The van der Waals surface area contributed by atoms with Gasteiger partial charge in [0.25, 0.3) is 0 Å². The SMILES string of the molecule is O=C1Cc2c(sc3ccccc23)C=NN1. The molecule has 0 radical (unpaired) electrons. The molecule has 1 aliphatic heterocycles. The van der Waals surface area contributed by atoms with E-state index in [0.29, 0.717) is 6.42 Å². The van der Waals surface area contributed by atoms with Crippen LogP contribution in [0.4, 0.5) is 0 Å². The molecule has 3 nitrogen and oxygen atoms in total. The Morgan fingerprint density at radius 2 is 2.20 bits per heavy atom. The summed E-state index contributed by atoms with van der Waals surface area (Å²) in [5, 5.41) is 5.04. The highest BCUT2D eigenvalue weighted by molar-refractivity contribution is 7.20. The first-order valence-corrected chi connectivity index (χ1v) is 5.48. The minimum Gasteiger partial charge on any atom is -0.273 e. The number of carbonyl (C=O) groups excluding carboxylic acids is 1. The Morgan fingerprint density at radius 1 is 1.33 bits per heavy atom. The van der Waals surface area contributed by atoms with Crippen molar-refractivity contribution in [2.24, 2.45) is 5.10 Å². The number of nitrogens with one attached hydrogen (secondary N) is 1. The van der Waals surface area contributed by atoms with Crippen LogP contribution >= 0.6 is 11.3 Å². The van der Waals surface area contributed by atoms with Gasteiger partial charge in [0.2, 0.25) is 5.91 Å². The van der Waals surface area contributed by atoms with Gasteiger partial charge in [0, 0.05) is 4.70 Å². The fourth-order valence-electron chi connectivity index (χ4n) is 1.77. The van der Waals surface area contributed by atoms with Crippen LogP contribution in [0.25, 0.3) is 10.1 Å². The van der Waals surface area contributed by atoms with Crippen molar-refractivity contribution in [3.05, 3.63) is 34.7 Å². The Bertz CT molecular complexity index is 571. The topological polar surface area (TPSA) is 41.5 Å². The average Bonchev–Trinajstić information content (AvgIpc) is 2.47. The van der Waals surface area contributed by atoms with Crippen LogP contribution in [0.1, 0.15) is 10.4 Å². The zero-order valence-electron chi connectivity index (χ0n) is 7.86. The highest BCUT2D eigenvalue weighted by atomic mass is 32.1. The molecular weight excluding hydrogens is 208 g/mol. The minimum absolute atomic E-state index is 0.0476. The van der Waals surface area contributed by atoms with E-state index in [9.17, 15) is 4.79 Å². The van der Waals surface area contributed by atoms with Gasteiger partial charge in [-0.15, -0.1) is 11.3 Å². The van der Waals surface area contributed by atoms with E-state index >= 15 is 0 Å². The van der Waals surface area contributed by atoms with Crippen LogP contribution < -0.4 is 5.43 Å². The lowest BCUT2D eigenvalue weighted by atomic mass is 10.1. The molecule has 0 bridgehead atoms. The summed E-state index contributed by atoms with van der Waals surface area (Å²) in [5.74, 6) is -0.0476. The van der Waals surface area contributed by atoms with Gasteiger partial charge in [-0.2, -0.15) is 5.10 Å². The maximum atomic E-state index is 11.4. The van der Waals surface area contributed by atoms with Gasteiger partial charge in [-0.3, -0.25) is 4.79 Å². The summed E-state index contributed by atoms with van der Waals surface area (Å²) in [4.78, 5) is 12.4. The highest BCUT2D eigenvalue weighted by Crippen LogP contribution is 2.31. The largest absolute Gasteiger partial charge is 0.273 e. The van der Waals surface area contributed by atoms with Crippen LogP contribution in [-0.2, 0) is 11.2 Å². The van der Waals surface area contributed by atoms with E-state index in [1.165, 1.54) is 10.1 Å². The zero-order chi connectivity index (χ0) is 10.3. The molecule has 3 rings (SSSR count). The van der Waals surface area contributed by atoms with Crippen LogP contribution in [0.5, 0.6) is 0 Å². The molecule has 0 unspecified atom stereocenters. The summed E-state index contributed by atoms with van der Waals surface area (Å²) in [6, 6.07) is 8.13. The highest BCUT2D eigenvalue weighted by Gasteiger charge is 2.15. The third-order valence-electron chi connectivity index (χ3n) is 2.44. The van der Waals surface area contributed by atoms with E-state index in [0.717, 1.165) is 10.4 Å². The fourth-order valence-corrected chi connectivity index (χ4v) is 2.86. The van der Waals surface area contributed by atoms with Crippen molar-refractivity contribution >= 4 is 33.5 Å². The summed E-state index contributed by atoms with van der Waals surface area (Å²) < 4.78 is 1.21. The third kappa shape index (κ3) is 1.34. The number of thiophene rings is 1. The molecule has 0 spiro atoms.